The molecule has 26 heavy (non-hydrogen) atoms. The Kier molecular flexibility index (Phi) is 4.41. The van der Waals surface area contributed by atoms with Gasteiger partial charge in [0.05, 0.1) is 30.5 Å². The van der Waals surface area contributed by atoms with Crippen molar-refractivity contribution >= 4 is 34.4 Å². The smallest absolute Gasteiger partial charge is 0.162 e. The zero-order valence-electron chi connectivity index (χ0n) is 14.4. The van der Waals surface area contributed by atoms with E-state index in [0.717, 1.165) is 39.2 Å². The summed E-state index contributed by atoms with van der Waals surface area (Å²) in [5.41, 5.74) is 2.59. The Morgan fingerprint density at radius 1 is 0.885 bits per heavy atom. The lowest BCUT2D eigenvalue weighted by molar-refractivity contribution is 0.414. The van der Waals surface area contributed by atoms with Crippen LogP contribution < -0.4 is 14.8 Å². The second-order valence-corrected chi connectivity index (χ2v) is 6.56. The standard InChI is InChI=1S/C20H17N3O2S/c1-24-14-7-5-13(6-8-14)19-21-16-10-9-15(25-2)12-17(16)22-20(23-19)18-4-3-11-26-18/h3-12H,1-2H3,(H,21,22,23). The van der Waals surface area contributed by atoms with Crippen molar-refractivity contribution in [1.29, 1.82) is 0 Å². The molecule has 0 bridgehead atoms. The zero-order valence-corrected chi connectivity index (χ0v) is 15.2. The topological polar surface area (TPSA) is 55.2 Å². The third kappa shape index (κ3) is 3.19. The minimum Gasteiger partial charge on any atom is -0.497 e. The molecule has 0 fully saturated rings. The van der Waals surface area contributed by atoms with Crippen LogP contribution >= 0.6 is 11.3 Å². The van der Waals surface area contributed by atoms with Crippen molar-refractivity contribution in [2.75, 3.05) is 19.5 Å². The summed E-state index contributed by atoms with van der Waals surface area (Å²) >= 11 is 1.63. The second-order valence-electron chi connectivity index (χ2n) is 5.61. The summed E-state index contributed by atoms with van der Waals surface area (Å²) in [6, 6.07) is 17.5. The number of hydrogen-bond donors (Lipinski definition) is 1. The molecule has 0 amide bonds. The molecule has 0 saturated carbocycles. The largest absolute Gasteiger partial charge is 0.497 e. The Morgan fingerprint density at radius 3 is 2.35 bits per heavy atom. The summed E-state index contributed by atoms with van der Waals surface area (Å²) < 4.78 is 10.6. The first-order valence-corrected chi connectivity index (χ1v) is 8.95. The maximum absolute atomic E-state index is 5.34. The fourth-order valence-electron chi connectivity index (χ4n) is 2.64. The fourth-order valence-corrected chi connectivity index (χ4v) is 3.31. The molecule has 130 valence electrons. The fraction of sp³-hybridized carbons (Fsp3) is 0.100. The molecule has 3 aromatic rings. The number of nitrogens with one attached hydrogen (secondary N) is 1. The lowest BCUT2D eigenvalue weighted by Crippen LogP contribution is -2.13. The second kappa shape index (κ2) is 7.01. The number of aliphatic imine (C=N–C) groups is 2. The number of fused-ring (bicyclic) bond motifs is 1. The molecule has 0 radical (unpaired) electrons. The van der Waals surface area contributed by atoms with E-state index >= 15 is 0 Å². The molecule has 0 aliphatic carbocycles. The predicted molar refractivity (Wildman–Crippen MR) is 107 cm³/mol. The highest BCUT2D eigenvalue weighted by molar-refractivity contribution is 7.12. The molecule has 0 spiro atoms. The Hall–Kier alpha value is -3.12. The number of hydrogen-bond acceptors (Lipinski definition) is 6. The highest BCUT2D eigenvalue weighted by Crippen LogP contribution is 2.33. The molecule has 0 atom stereocenters. The van der Waals surface area contributed by atoms with Crippen molar-refractivity contribution in [1.82, 2.24) is 0 Å². The number of nitrogens with zero attached hydrogens (tertiary/aromatic N) is 2. The Balaban J connectivity index is 1.84. The van der Waals surface area contributed by atoms with Gasteiger partial charge in [0.25, 0.3) is 0 Å². The van der Waals surface area contributed by atoms with E-state index in [2.05, 4.69) is 5.32 Å². The van der Waals surface area contributed by atoms with Crippen LogP contribution in [0.1, 0.15) is 10.4 Å². The van der Waals surface area contributed by atoms with Gasteiger partial charge in [-0.25, -0.2) is 9.98 Å². The van der Waals surface area contributed by atoms with Crippen LogP contribution in [0.3, 0.4) is 0 Å². The minimum absolute atomic E-state index is 0.646. The monoisotopic (exact) mass is 363 g/mol. The summed E-state index contributed by atoms with van der Waals surface area (Å²) in [5, 5.41) is 5.43. The minimum atomic E-state index is 0.646. The van der Waals surface area contributed by atoms with E-state index in [1.165, 1.54) is 0 Å². The molecule has 4 rings (SSSR count). The van der Waals surface area contributed by atoms with E-state index in [1.807, 2.05) is 60.0 Å². The molecular formula is C20H17N3O2S. The van der Waals surface area contributed by atoms with E-state index < -0.39 is 0 Å². The van der Waals surface area contributed by atoms with Gasteiger partial charge in [0, 0.05) is 11.6 Å². The van der Waals surface area contributed by atoms with E-state index in [9.17, 15) is 0 Å². The first-order valence-electron chi connectivity index (χ1n) is 8.07. The van der Waals surface area contributed by atoms with Gasteiger partial charge in [0.1, 0.15) is 17.3 Å². The van der Waals surface area contributed by atoms with Gasteiger partial charge in [-0.05, 0) is 47.8 Å². The van der Waals surface area contributed by atoms with E-state index in [4.69, 9.17) is 19.5 Å². The average molecular weight is 363 g/mol. The van der Waals surface area contributed by atoms with Crippen LogP contribution in [-0.2, 0) is 0 Å². The normalized spacial score (nSPS) is 13.0. The van der Waals surface area contributed by atoms with Crippen LogP contribution in [0.4, 0.5) is 11.4 Å². The number of ether oxygens (including phenoxy) is 2. The highest BCUT2D eigenvalue weighted by Gasteiger charge is 2.16. The van der Waals surface area contributed by atoms with Crippen LogP contribution in [0.15, 0.2) is 70.0 Å². The zero-order chi connectivity index (χ0) is 17.9. The van der Waals surface area contributed by atoms with E-state index in [0.29, 0.717) is 5.84 Å². The van der Waals surface area contributed by atoms with Crippen molar-refractivity contribution in [2.24, 2.45) is 9.98 Å². The number of methoxy groups -OCH3 is 2. The predicted octanol–water partition coefficient (Wildman–Crippen LogP) is 4.72. The summed E-state index contributed by atoms with van der Waals surface area (Å²) in [6.45, 7) is 0. The van der Waals surface area contributed by atoms with Gasteiger partial charge in [-0.3, -0.25) is 0 Å². The van der Waals surface area contributed by atoms with E-state index in [1.54, 1.807) is 25.6 Å². The van der Waals surface area contributed by atoms with E-state index in [-0.39, 0.29) is 0 Å². The van der Waals surface area contributed by atoms with Crippen molar-refractivity contribution < 1.29 is 9.47 Å². The molecule has 1 aromatic heterocycles. The average Bonchev–Trinajstić information content (AvgIpc) is 3.15. The molecule has 6 heteroatoms. The van der Waals surface area contributed by atoms with Gasteiger partial charge in [0.2, 0.25) is 0 Å². The third-order valence-electron chi connectivity index (χ3n) is 4.00. The number of anilines is 1. The van der Waals surface area contributed by atoms with Gasteiger partial charge in [-0.2, -0.15) is 0 Å². The number of amidine groups is 2. The summed E-state index contributed by atoms with van der Waals surface area (Å²) in [7, 11) is 3.30. The van der Waals surface area contributed by atoms with Crippen molar-refractivity contribution in [3.05, 3.63) is 70.4 Å². The van der Waals surface area contributed by atoms with Gasteiger partial charge in [-0.1, -0.05) is 6.07 Å². The van der Waals surface area contributed by atoms with Crippen molar-refractivity contribution in [3.8, 4) is 11.5 Å². The molecule has 1 aliphatic heterocycles. The van der Waals surface area contributed by atoms with Crippen molar-refractivity contribution in [2.45, 2.75) is 0 Å². The maximum atomic E-state index is 5.34. The SMILES string of the molecule is COc1ccc(C2=Nc3ccc(OC)cc3NC(c3cccs3)=N2)cc1. The van der Waals surface area contributed by atoms with Crippen LogP contribution in [0.5, 0.6) is 11.5 Å². The highest BCUT2D eigenvalue weighted by atomic mass is 32.1. The molecule has 5 nitrogen and oxygen atoms in total. The maximum Gasteiger partial charge on any atom is 0.162 e. The first-order chi connectivity index (χ1) is 12.8. The van der Waals surface area contributed by atoms with Crippen LogP contribution in [0.25, 0.3) is 0 Å². The van der Waals surface area contributed by atoms with Crippen molar-refractivity contribution in [3.63, 3.8) is 0 Å². The molecule has 1 aliphatic rings. The Bertz CT molecular complexity index is 977. The molecule has 0 saturated heterocycles. The van der Waals surface area contributed by atoms with Gasteiger partial charge in [-0.15, -0.1) is 11.3 Å². The number of benzene rings is 2. The summed E-state index contributed by atoms with van der Waals surface area (Å²) in [5.74, 6) is 2.98. The molecule has 2 heterocycles. The first kappa shape index (κ1) is 16.4. The lowest BCUT2D eigenvalue weighted by Gasteiger charge is -2.09. The van der Waals surface area contributed by atoms with Crippen LogP contribution in [-0.4, -0.2) is 25.9 Å². The number of rotatable bonds is 4. The Labute approximate surface area is 155 Å². The van der Waals surface area contributed by atoms with Crippen LogP contribution in [0, 0.1) is 0 Å². The van der Waals surface area contributed by atoms with Gasteiger partial charge >= 0.3 is 0 Å². The summed E-state index contributed by atoms with van der Waals surface area (Å²) in [6.07, 6.45) is 0. The quantitative estimate of drug-likeness (QED) is 0.730. The van der Waals surface area contributed by atoms with Gasteiger partial charge < -0.3 is 14.8 Å². The molecular weight excluding hydrogens is 346 g/mol. The third-order valence-corrected chi connectivity index (χ3v) is 4.88. The number of thiophene rings is 1. The molecule has 2 aromatic carbocycles. The Morgan fingerprint density at radius 2 is 1.65 bits per heavy atom. The summed E-state index contributed by atoms with van der Waals surface area (Å²) in [4.78, 5) is 10.6. The lowest BCUT2D eigenvalue weighted by atomic mass is 10.2. The molecule has 0 unspecified atom stereocenters. The van der Waals surface area contributed by atoms with Crippen LogP contribution in [0.2, 0.25) is 0 Å². The van der Waals surface area contributed by atoms with Gasteiger partial charge in [0.15, 0.2) is 5.84 Å². The molecule has 1 N–H and O–H groups in total.